The third-order valence-corrected chi connectivity index (χ3v) is 6.89. The Labute approximate surface area is 207 Å². The molecule has 0 N–H and O–H groups in total. The van der Waals surface area contributed by atoms with E-state index in [9.17, 15) is 14.4 Å². The molecule has 2 fully saturated rings. The van der Waals surface area contributed by atoms with Crippen LogP contribution >= 0.6 is 0 Å². The molecule has 4 rings (SSSR count). The zero-order valence-corrected chi connectivity index (χ0v) is 20.7. The van der Waals surface area contributed by atoms with Crippen molar-refractivity contribution in [2.75, 3.05) is 37.7 Å². The highest BCUT2D eigenvalue weighted by atomic mass is 16.5. The Morgan fingerprint density at radius 2 is 1.69 bits per heavy atom. The van der Waals surface area contributed by atoms with Crippen LogP contribution in [-0.2, 0) is 9.59 Å². The molecule has 7 nitrogen and oxygen atoms in total. The van der Waals surface area contributed by atoms with E-state index in [0.717, 1.165) is 24.9 Å². The number of amides is 3. The van der Waals surface area contributed by atoms with Crippen LogP contribution in [-0.4, -0.2) is 66.3 Å². The Morgan fingerprint density at radius 3 is 2.37 bits per heavy atom. The van der Waals surface area contributed by atoms with Gasteiger partial charge in [-0.05, 0) is 50.5 Å². The molecule has 0 spiro atoms. The van der Waals surface area contributed by atoms with Gasteiger partial charge in [-0.25, -0.2) is 0 Å². The molecule has 0 bridgehead atoms. The minimum atomic E-state index is -0.368. The van der Waals surface area contributed by atoms with Crippen molar-refractivity contribution in [1.29, 1.82) is 0 Å². The van der Waals surface area contributed by atoms with Crippen molar-refractivity contribution in [3.63, 3.8) is 0 Å². The highest BCUT2D eigenvalue weighted by molar-refractivity contribution is 6.01. The molecule has 1 unspecified atom stereocenters. The molecule has 2 heterocycles. The number of likely N-dealkylation sites (tertiary alicyclic amines) is 1. The van der Waals surface area contributed by atoms with Crippen molar-refractivity contribution in [2.45, 2.75) is 45.6 Å². The van der Waals surface area contributed by atoms with Gasteiger partial charge in [-0.2, -0.15) is 0 Å². The summed E-state index contributed by atoms with van der Waals surface area (Å²) < 4.78 is 5.71. The average molecular weight is 478 g/mol. The van der Waals surface area contributed by atoms with Gasteiger partial charge in [0.2, 0.25) is 11.8 Å². The minimum absolute atomic E-state index is 0.0439. The summed E-state index contributed by atoms with van der Waals surface area (Å²) in [5.41, 5.74) is 1.42. The van der Waals surface area contributed by atoms with Crippen LogP contribution in [0, 0.1) is 5.92 Å². The second-order valence-corrected chi connectivity index (χ2v) is 9.23. The molecule has 2 saturated heterocycles. The molecule has 2 aromatic rings. The number of rotatable bonds is 8. The van der Waals surface area contributed by atoms with Gasteiger partial charge in [0.1, 0.15) is 5.75 Å². The zero-order chi connectivity index (χ0) is 24.8. The smallest absolute Gasteiger partial charge is 0.253 e. The zero-order valence-electron chi connectivity index (χ0n) is 20.7. The van der Waals surface area contributed by atoms with E-state index in [0.29, 0.717) is 44.1 Å². The molecule has 35 heavy (non-hydrogen) atoms. The van der Waals surface area contributed by atoms with Crippen molar-refractivity contribution in [3.8, 4) is 5.75 Å². The van der Waals surface area contributed by atoms with E-state index in [1.807, 2.05) is 71.3 Å². The van der Waals surface area contributed by atoms with Crippen molar-refractivity contribution in [3.05, 3.63) is 60.2 Å². The van der Waals surface area contributed by atoms with Gasteiger partial charge >= 0.3 is 0 Å². The van der Waals surface area contributed by atoms with E-state index in [-0.39, 0.29) is 36.1 Å². The Balaban J connectivity index is 1.41. The van der Waals surface area contributed by atoms with Crippen LogP contribution in [0.2, 0.25) is 0 Å². The Morgan fingerprint density at radius 1 is 1.00 bits per heavy atom. The number of piperidine rings is 1. The maximum absolute atomic E-state index is 13.6. The van der Waals surface area contributed by atoms with Crippen LogP contribution in [0.15, 0.2) is 54.6 Å². The van der Waals surface area contributed by atoms with Gasteiger partial charge in [0.05, 0.1) is 18.2 Å². The maximum Gasteiger partial charge on any atom is 0.253 e. The predicted molar refractivity (Wildman–Crippen MR) is 135 cm³/mol. The normalized spacial score (nSPS) is 18.6. The fourth-order valence-electron chi connectivity index (χ4n) is 5.16. The summed E-state index contributed by atoms with van der Waals surface area (Å²) in [5, 5.41) is 0. The third-order valence-electron chi connectivity index (χ3n) is 6.89. The average Bonchev–Trinajstić information content (AvgIpc) is 3.29. The molecule has 2 aliphatic rings. The molecule has 0 aliphatic carbocycles. The number of carbonyl (C=O) groups excluding carboxylic acids is 3. The summed E-state index contributed by atoms with van der Waals surface area (Å²) >= 11 is 0. The van der Waals surface area contributed by atoms with Gasteiger partial charge in [0.15, 0.2) is 0 Å². The molecule has 7 heteroatoms. The highest BCUT2D eigenvalue weighted by Gasteiger charge is 2.40. The molecular weight excluding hydrogens is 442 g/mol. The Kier molecular flexibility index (Phi) is 8.06. The summed E-state index contributed by atoms with van der Waals surface area (Å²) in [6.45, 7) is 6.78. The molecule has 2 aliphatic heterocycles. The number of nitrogens with zero attached hydrogens (tertiary/aromatic N) is 3. The third kappa shape index (κ3) is 5.50. The number of hydrogen-bond acceptors (Lipinski definition) is 4. The summed E-state index contributed by atoms with van der Waals surface area (Å²) in [6.07, 6.45) is 2.57. The largest absolute Gasteiger partial charge is 0.492 e. The summed E-state index contributed by atoms with van der Waals surface area (Å²) in [5.74, 6) is 0.340. The van der Waals surface area contributed by atoms with Crippen molar-refractivity contribution >= 4 is 23.4 Å². The first kappa shape index (κ1) is 24.8. The standard InChI is InChI=1S/C28H35N3O4/c1-3-16-30(23-14-17-29(18-15-23)27(33)21-10-6-5-7-11-21)28(34)22-19-26(32)31(20-22)24-12-8-9-13-25(24)35-4-2/h5-13,22-23H,3-4,14-20H2,1-2H3. The van der Waals surface area contributed by atoms with Gasteiger partial charge in [0.25, 0.3) is 5.91 Å². The number of ether oxygens (including phenoxy) is 1. The Bertz CT molecular complexity index is 1030. The van der Waals surface area contributed by atoms with E-state index < -0.39 is 0 Å². The van der Waals surface area contributed by atoms with Gasteiger partial charge < -0.3 is 19.4 Å². The van der Waals surface area contributed by atoms with Crippen molar-refractivity contribution in [2.24, 2.45) is 5.92 Å². The second kappa shape index (κ2) is 11.4. The Hall–Kier alpha value is -3.35. The number of benzene rings is 2. The SMILES string of the molecule is CCCN(C(=O)C1CC(=O)N(c2ccccc2OCC)C1)C1CCN(C(=O)c2ccccc2)CC1. The van der Waals surface area contributed by atoms with Crippen LogP contribution in [0.25, 0.3) is 0 Å². The fraction of sp³-hybridized carbons (Fsp3) is 0.464. The quantitative estimate of drug-likeness (QED) is 0.577. The monoisotopic (exact) mass is 477 g/mol. The first-order chi connectivity index (χ1) is 17.0. The van der Waals surface area contributed by atoms with Crippen LogP contribution in [0.1, 0.15) is 49.9 Å². The highest BCUT2D eigenvalue weighted by Crippen LogP contribution is 2.34. The first-order valence-electron chi connectivity index (χ1n) is 12.7. The lowest BCUT2D eigenvalue weighted by Crippen LogP contribution is -2.50. The molecule has 0 radical (unpaired) electrons. The molecule has 186 valence electrons. The van der Waals surface area contributed by atoms with Crippen LogP contribution in [0.4, 0.5) is 5.69 Å². The van der Waals surface area contributed by atoms with Gasteiger partial charge in [0, 0.05) is 44.2 Å². The fourth-order valence-corrected chi connectivity index (χ4v) is 5.16. The lowest BCUT2D eigenvalue weighted by atomic mass is 9.98. The topological polar surface area (TPSA) is 70.2 Å². The van der Waals surface area contributed by atoms with Crippen LogP contribution in [0.3, 0.4) is 0 Å². The van der Waals surface area contributed by atoms with Crippen molar-refractivity contribution < 1.29 is 19.1 Å². The lowest BCUT2D eigenvalue weighted by Gasteiger charge is -2.39. The molecule has 0 aromatic heterocycles. The number of hydrogen-bond donors (Lipinski definition) is 0. The minimum Gasteiger partial charge on any atom is -0.492 e. The molecule has 1 atom stereocenters. The van der Waals surface area contributed by atoms with Gasteiger partial charge in [-0.15, -0.1) is 0 Å². The van der Waals surface area contributed by atoms with E-state index >= 15 is 0 Å². The molecule has 0 saturated carbocycles. The van der Waals surface area contributed by atoms with Crippen LogP contribution < -0.4 is 9.64 Å². The lowest BCUT2D eigenvalue weighted by molar-refractivity contribution is -0.139. The van der Waals surface area contributed by atoms with Gasteiger partial charge in [-0.3, -0.25) is 14.4 Å². The number of para-hydroxylation sites is 2. The second-order valence-electron chi connectivity index (χ2n) is 9.23. The van der Waals surface area contributed by atoms with Crippen LogP contribution in [0.5, 0.6) is 5.75 Å². The van der Waals surface area contributed by atoms with E-state index in [1.165, 1.54) is 0 Å². The molecular formula is C28H35N3O4. The summed E-state index contributed by atoms with van der Waals surface area (Å²) in [4.78, 5) is 44.9. The first-order valence-corrected chi connectivity index (χ1v) is 12.7. The molecule has 2 aromatic carbocycles. The summed E-state index contributed by atoms with van der Waals surface area (Å²) in [7, 11) is 0. The van der Waals surface area contributed by atoms with E-state index in [2.05, 4.69) is 6.92 Å². The maximum atomic E-state index is 13.6. The number of anilines is 1. The summed E-state index contributed by atoms with van der Waals surface area (Å²) in [6, 6.07) is 16.9. The predicted octanol–water partition coefficient (Wildman–Crippen LogP) is 3.98. The number of carbonyl (C=O) groups is 3. The van der Waals surface area contributed by atoms with E-state index in [4.69, 9.17) is 4.74 Å². The van der Waals surface area contributed by atoms with Gasteiger partial charge in [-0.1, -0.05) is 37.3 Å². The van der Waals surface area contributed by atoms with E-state index in [1.54, 1.807) is 4.90 Å². The molecule has 3 amide bonds. The van der Waals surface area contributed by atoms with Crippen molar-refractivity contribution in [1.82, 2.24) is 9.80 Å².